The molecule has 2 atom stereocenters. The molecule has 0 saturated carbocycles. The molecule has 2 aliphatic heterocycles. The molecule has 0 aromatic heterocycles. The molecule has 2 unspecified atom stereocenters. The van der Waals surface area contributed by atoms with Crippen molar-refractivity contribution in [1.82, 2.24) is 4.90 Å². The number of hydrogen-bond donors (Lipinski definition) is 1. The first kappa shape index (κ1) is 9.37. The number of benzene rings is 1. The molecule has 0 spiro atoms. The summed E-state index contributed by atoms with van der Waals surface area (Å²) in [5.41, 5.74) is 9.26. The Labute approximate surface area is 91.1 Å². The molecule has 1 aromatic carbocycles. The van der Waals surface area contributed by atoms with Crippen LogP contribution in [0.1, 0.15) is 30.0 Å². The van der Waals surface area contributed by atoms with Gasteiger partial charge in [-0.05, 0) is 36.9 Å². The van der Waals surface area contributed by atoms with Crippen molar-refractivity contribution in [2.45, 2.75) is 31.3 Å². The van der Waals surface area contributed by atoms with Crippen LogP contribution in [-0.4, -0.2) is 24.0 Å². The van der Waals surface area contributed by atoms with Crippen LogP contribution in [0.3, 0.4) is 0 Å². The minimum atomic E-state index is 0.334. The van der Waals surface area contributed by atoms with Crippen LogP contribution in [0.15, 0.2) is 24.3 Å². The summed E-state index contributed by atoms with van der Waals surface area (Å²) in [6.45, 7) is 2.42. The van der Waals surface area contributed by atoms with Crippen molar-refractivity contribution in [1.29, 1.82) is 0 Å². The summed E-state index contributed by atoms with van der Waals surface area (Å²) in [7, 11) is 0. The lowest BCUT2D eigenvalue weighted by Crippen LogP contribution is -2.48. The second kappa shape index (κ2) is 3.62. The summed E-state index contributed by atoms with van der Waals surface area (Å²) < 4.78 is 0. The van der Waals surface area contributed by atoms with E-state index < -0.39 is 0 Å². The normalized spacial score (nSPS) is 30.7. The SMILES string of the molecule is NC1CCCN2CCc3ccccc3C12. The smallest absolute Gasteiger partial charge is 0.0502 e. The monoisotopic (exact) mass is 202 g/mol. The molecule has 15 heavy (non-hydrogen) atoms. The summed E-state index contributed by atoms with van der Waals surface area (Å²) in [6, 6.07) is 9.63. The van der Waals surface area contributed by atoms with Crippen LogP contribution in [0.4, 0.5) is 0 Å². The molecule has 2 aliphatic rings. The van der Waals surface area contributed by atoms with E-state index in [1.54, 1.807) is 0 Å². The molecule has 2 N–H and O–H groups in total. The summed E-state index contributed by atoms with van der Waals surface area (Å²) in [4.78, 5) is 2.57. The highest BCUT2D eigenvalue weighted by Crippen LogP contribution is 2.35. The molecule has 2 nitrogen and oxygen atoms in total. The number of hydrogen-bond acceptors (Lipinski definition) is 2. The highest BCUT2D eigenvalue weighted by Gasteiger charge is 2.33. The Hall–Kier alpha value is -0.860. The first-order valence-corrected chi connectivity index (χ1v) is 5.94. The van der Waals surface area contributed by atoms with Gasteiger partial charge in [-0.2, -0.15) is 0 Å². The third-order valence-corrected chi connectivity index (χ3v) is 3.82. The fraction of sp³-hybridized carbons (Fsp3) is 0.538. The van der Waals surface area contributed by atoms with Crippen molar-refractivity contribution < 1.29 is 0 Å². The van der Waals surface area contributed by atoms with Gasteiger partial charge in [-0.3, -0.25) is 4.90 Å². The van der Waals surface area contributed by atoms with E-state index in [9.17, 15) is 0 Å². The van der Waals surface area contributed by atoms with Crippen LogP contribution in [0.5, 0.6) is 0 Å². The molecular weight excluding hydrogens is 184 g/mol. The van der Waals surface area contributed by atoms with Gasteiger partial charge >= 0.3 is 0 Å². The molecule has 3 rings (SSSR count). The lowest BCUT2D eigenvalue weighted by molar-refractivity contribution is 0.119. The second-order valence-electron chi connectivity index (χ2n) is 4.74. The number of nitrogens with two attached hydrogens (primary N) is 1. The largest absolute Gasteiger partial charge is 0.326 e. The van der Waals surface area contributed by atoms with Crippen LogP contribution in [0.25, 0.3) is 0 Å². The zero-order valence-corrected chi connectivity index (χ0v) is 9.02. The van der Waals surface area contributed by atoms with Crippen LogP contribution >= 0.6 is 0 Å². The van der Waals surface area contributed by atoms with Crippen LogP contribution in [0, 0.1) is 0 Å². The lowest BCUT2D eigenvalue weighted by atomic mass is 9.84. The molecule has 0 bridgehead atoms. The van der Waals surface area contributed by atoms with E-state index in [4.69, 9.17) is 5.73 Å². The van der Waals surface area contributed by atoms with Crippen LogP contribution < -0.4 is 5.73 Å². The quantitative estimate of drug-likeness (QED) is 0.694. The van der Waals surface area contributed by atoms with Gasteiger partial charge < -0.3 is 5.73 Å². The van der Waals surface area contributed by atoms with Crippen molar-refractivity contribution >= 4 is 0 Å². The molecular formula is C13H18N2. The average Bonchev–Trinajstić information content (AvgIpc) is 2.29. The molecule has 1 fully saturated rings. The van der Waals surface area contributed by atoms with Gasteiger partial charge in [0.1, 0.15) is 0 Å². The highest BCUT2D eigenvalue weighted by molar-refractivity contribution is 5.34. The van der Waals surface area contributed by atoms with E-state index in [-0.39, 0.29) is 0 Å². The third-order valence-electron chi connectivity index (χ3n) is 3.82. The molecule has 80 valence electrons. The highest BCUT2D eigenvalue weighted by atomic mass is 15.2. The Bertz CT molecular complexity index is 361. The molecule has 1 saturated heterocycles. The van der Waals surface area contributed by atoms with Crippen molar-refractivity contribution in [2.24, 2.45) is 5.73 Å². The van der Waals surface area contributed by atoms with Gasteiger partial charge in [-0.15, -0.1) is 0 Å². The van der Waals surface area contributed by atoms with E-state index in [2.05, 4.69) is 29.2 Å². The van der Waals surface area contributed by atoms with Crippen molar-refractivity contribution in [3.05, 3.63) is 35.4 Å². The summed E-state index contributed by atoms with van der Waals surface area (Å²) in [5, 5.41) is 0. The van der Waals surface area contributed by atoms with Crippen molar-refractivity contribution in [2.75, 3.05) is 13.1 Å². The number of nitrogens with zero attached hydrogens (tertiary/aromatic N) is 1. The molecule has 1 aromatic rings. The third kappa shape index (κ3) is 1.48. The van der Waals surface area contributed by atoms with Crippen LogP contribution in [-0.2, 0) is 6.42 Å². The van der Waals surface area contributed by atoms with E-state index >= 15 is 0 Å². The van der Waals surface area contributed by atoms with Crippen molar-refractivity contribution in [3.63, 3.8) is 0 Å². The minimum Gasteiger partial charge on any atom is -0.326 e. The van der Waals surface area contributed by atoms with E-state index in [0.29, 0.717) is 12.1 Å². The Kier molecular flexibility index (Phi) is 2.26. The molecule has 2 heterocycles. The Morgan fingerprint density at radius 1 is 1.20 bits per heavy atom. The predicted octanol–water partition coefficient (Wildman–Crippen LogP) is 1.71. The molecule has 2 heteroatoms. The first-order valence-electron chi connectivity index (χ1n) is 5.94. The Morgan fingerprint density at radius 2 is 2.07 bits per heavy atom. The van der Waals surface area contributed by atoms with E-state index in [0.717, 1.165) is 0 Å². The van der Waals surface area contributed by atoms with Gasteiger partial charge in [0.15, 0.2) is 0 Å². The van der Waals surface area contributed by atoms with E-state index in [1.807, 2.05) is 0 Å². The predicted molar refractivity (Wildman–Crippen MR) is 61.7 cm³/mol. The summed E-state index contributed by atoms with van der Waals surface area (Å²) >= 11 is 0. The van der Waals surface area contributed by atoms with Gasteiger partial charge in [-0.1, -0.05) is 24.3 Å². The molecule has 0 radical (unpaired) electrons. The van der Waals surface area contributed by atoms with Crippen LogP contribution in [0.2, 0.25) is 0 Å². The number of piperidine rings is 1. The maximum Gasteiger partial charge on any atom is 0.0502 e. The minimum absolute atomic E-state index is 0.334. The maximum atomic E-state index is 6.26. The molecule has 0 aliphatic carbocycles. The Morgan fingerprint density at radius 3 is 3.00 bits per heavy atom. The zero-order valence-electron chi connectivity index (χ0n) is 9.02. The fourth-order valence-corrected chi connectivity index (χ4v) is 3.09. The number of fused-ring (bicyclic) bond motifs is 3. The Balaban J connectivity index is 2.02. The van der Waals surface area contributed by atoms with Gasteiger partial charge in [0.25, 0.3) is 0 Å². The zero-order chi connectivity index (χ0) is 10.3. The van der Waals surface area contributed by atoms with Gasteiger partial charge in [-0.25, -0.2) is 0 Å². The summed E-state index contributed by atoms with van der Waals surface area (Å²) in [6.07, 6.45) is 3.63. The van der Waals surface area contributed by atoms with E-state index in [1.165, 1.54) is 43.5 Å². The standard InChI is InChI=1S/C13H18N2/c14-12-6-3-8-15-9-7-10-4-1-2-5-11(10)13(12)15/h1-2,4-5,12-13H,3,6-9,14H2. The second-order valence-corrected chi connectivity index (χ2v) is 4.74. The van der Waals surface area contributed by atoms with Crippen molar-refractivity contribution in [3.8, 4) is 0 Å². The summed E-state index contributed by atoms with van der Waals surface area (Å²) in [5.74, 6) is 0. The average molecular weight is 202 g/mol. The molecule has 0 amide bonds. The topological polar surface area (TPSA) is 29.3 Å². The first-order chi connectivity index (χ1) is 7.36. The van der Waals surface area contributed by atoms with Gasteiger partial charge in [0, 0.05) is 12.6 Å². The van der Waals surface area contributed by atoms with Gasteiger partial charge in [0.05, 0.1) is 6.04 Å². The maximum absolute atomic E-state index is 6.26. The lowest BCUT2D eigenvalue weighted by Gasteiger charge is -2.44. The van der Waals surface area contributed by atoms with Gasteiger partial charge in [0.2, 0.25) is 0 Å². The number of rotatable bonds is 0. The fourth-order valence-electron chi connectivity index (χ4n) is 3.09.